The van der Waals surface area contributed by atoms with E-state index in [4.69, 9.17) is 9.47 Å². The summed E-state index contributed by atoms with van der Waals surface area (Å²) < 4.78 is 65.9. The zero-order valence-electron chi connectivity index (χ0n) is 18.4. The van der Waals surface area contributed by atoms with Crippen molar-refractivity contribution in [2.24, 2.45) is 5.92 Å². The number of carbonyl (C=O) groups excluding carboxylic acids is 1. The second kappa shape index (κ2) is 9.38. The van der Waals surface area contributed by atoms with Crippen LogP contribution in [0.5, 0.6) is 5.75 Å². The molecule has 0 bridgehead atoms. The van der Waals surface area contributed by atoms with Crippen LogP contribution >= 0.6 is 0 Å². The molecule has 0 aliphatic heterocycles. The molecular weight excluding hydrogens is 454 g/mol. The standard InChI is InChI=1S/C24H21F4N3O3/c1-13-29-10-22(21(30-13)11-33-2)34-12-24(14-5-15(25)7-16(26)6-14)9-18(24)23(32)31-17-3-4-19(27)20(28)8-17/h3-8,10,18H,9,11-12H2,1-2H3,(H,31,32)/t18-,24+/m0/s1. The number of nitrogens with one attached hydrogen (secondary N) is 1. The summed E-state index contributed by atoms with van der Waals surface area (Å²) in [4.78, 5) is 21.3. The zero-order valence-corrected chi connectivity index (χ0v) is 18.4. The van der Waals surface area contributed by atoms with Crippen molar-refractivity contribution in [3.05, 3.63) is 82.9 Å². The van der Waals surface area contributed by atoms with Gasteiger partial charge in [-0.15, -0.1) is 0 Å². The van der Waals surface area contributed by atoms with Crippen LogP contribution in [0.15, 0.2) is 42.6 Å². The molecule has 1 heterocycles. The van der Waals surface area contributed by atoms with E-state index in [0.29, 0.717) is 17.3 Å². The maximum Gasteiger partial charge on any atom is 0.228 e. The average Bonchev–Trinajstić information content (AvgIpc) is 3.52. The van der Waals surface area contributed by atoms with Gasteiger partial charge in [0.2, 0.25) is 5.91 Å². The lowest BCUT2D eigenvalue weighted by molar-refractivity contribution is -0.117. The number of benzene rings is 2. The highest BCUT2D eigenvalue weighted by molar-refractivity contribution is 5.96. The molecule has 0 radical (unpaired) electrons. The Hall–Kier alpha value is -3.53. The molecule has 1 fully saturated rings. The van der Waals surface area contributed by atoms with Crippen LogP contribution in [0.3, 0.4) is 0 Å². The number of amides is 1. The minimum atomic E-state index is -1.11. The lowest BCUT2D eigenvalue weighted by Gasteiger charge is -2.20. The van der Waals surface area contributed by atoms with E-state index in [2.05, 4.69) is 15.3 Å². The van der Waals surface area contributed by atoms with Crippen molar-refractivity contribution >= 4 is 11.6 Å². The van der Waals surface area contributed by atoms with Gasteiger partial charge >= 0.3 is 0 Å². The number of carbonyl (C=O) groups is 1. The molecule has 1 aliphatic rings. The molecule has 0 unspecified atom stereocenters. The molecule has 2 aromatic carbocycles. The second-order valence-corrected chi connectivity index (χ2v) is 8.14. The van der Waals surface area contributed by atoms with E-state index < -0.39 is 40.5 Å². The highest BCUT2D eigenvalue weighted by Crippen LogP contribution is 2.55. The maximum absolute atomic E-state index is 14.0. The first kappa shape index (κ1) is 23.6. The third-order valence-electron chi connectivity index (χ3n) is 5.73. The summed E-state index contributed by atoms with van der Waals surface area (Å²) in [6.45, 7) is 1.76. The first-order valence-electron chi connectivity index (χ1n) is 10.4. The summed E-state index contributed by atoms with van der Waals surface area (Å²) in [7, 11) is 1.50. The van der Waals surface area contributed by atoms with Crippen molar-refractivity contribution in [1.29, 1.82) is 0 Å². The van der Waals surface area contributed by atoms with E-state index >= 15 is 0 Å². The largest absolute Gasteiger partial charge is 0.489 e. The van der Waals surface area contributed by atoms with Crippen LogP contribution in [0, 0.1) is 36.1 Å². The maximum atomic E-state index is 14.0. The molecule has 34 heavy (non-hydrogen) atoms. The van der Waals surface area contributed by atoms with Gasteiger partial charge in [-0.1, -0.05) is 0 Å². The molecule has 10 heteroatoms. The van der Waals surface area contributed by atoms with E-state index in [1.165, 1.54) is 19.4 Å². The Morgan fingerprint density at radius 3 is 2.53 bits per heavy atom. The number of rotatable bonds is 8. The summed E-state index contributed by atoms with van der Waals surface area (Å²) in [6.07, 6.45) is 1.69. The van der Waals surface area contributed by atoms with Gasteiger partial charge in [-0.05, 0) is 43.2 Å². The molecule has 1 saturated carbocycles. The number of anilines is 1. The SMILES string of the molecule is COCc1nc(C)ncc1OC[C@@]1(c2cc(F)cc(F)c2)C[C@H]1C(=O)Nc1ccc(F)c(F)c1. The van der Waals surface area contributed by atoms with Gasteiger partial charge in [0.15, 0.2) is 17.4 Å². The Morgan fingerprint density at radius 2 is 1.85 bits per heavy atom. The van der Waals surface area contributed by atoms with E-state index in [1.807, 2.05) is 0 Å². The normalized spacial score (nSPS) is 19.1. The number of hydrogen-bond donors (Lipinski definition) is 1. The summed E-state index contributed by atoms with van der Waals surface area (Å²) in [5.74, 6) is -4.17. The van der Waals surface area contributed by atoms with Gasteiger partial charge in [-0.25, -0.2) is 27.5 Å². The van der Waals surface area contributed by atoms with E-state index in [1.54, 1.807) is 6.92 Å². The molecule has 2 atom stereocenters. The summed E-state index contributed by atoms with van der Waals surface area (Å²) in [5.41, 5.74) is -0.262. The Labute approximate surface area is 192 Å². The highest BCUT2D eigenvalue weighted by atomic mass is 19.2. The predicted molar refractivity (Wildman–Crippen MR) is 114 cm³/mol. The molecule has 1 aromatic heterocycles. The van der Waals surface area contributed by atoms with Crippen molar-refractivity contribution in [3.8, 4) is 5.75 Å². The summed E-state index contributed by atoms with van der Waals surface area (Å²) >= 11 is 0. The van der Waals surface area contributed by atoms with Crippen molar-refractivity contribution in [2.45, 2.75) is 25.4 Å². The second-order valence-electron chi connectivity index (χ2n) is 8.14. The van der Waals surface area contributed by atoms with Crippen LogP contribution in [0.4, 0.5) is 23.2 Å². The number of hydrogen-bond acceptors (Lipinski definition) is 5. The number of methoxy groups -OCH3 is 1. The van der Waals surface area contributed by atoms with E-state index in [0.717, 1.165) is 30.3 Å². The molecule has 1 amide bonds. The molecule has 0 spiro atoms. The molecule has 6 nitrogen and oxygen atoms in total. The molecule has 0 saturated heterocycles. The third-order valence-corrected chi connectivity index (χ3v) is 5.73. The van der Waals surface area contributed by atoms with Gasteiger partial charge in [0.25, 0.3) is 0 Å². The predicted octanol–water partition coefficient (Wildman–Crippen LogP) is 4.46. The molecule has 178 valence electrons. The van der Waals surface area contributed by atoms with Crippen LogP contribution in [0.2, 0.25) is 0 Å². The van der Waals surface area contributed by atoms with Gasteiger partial charge in [0.1, 0.15) is 23.2 Å². The average molecular weight is 475 g/mol. The summed E-state index contributed by atoms with van der Waals surface area (Å²) in [6, 6.07) is 6.01. The zero-order chi connectivity index (χ0) is 24.5. The van der Waals surface area contributed by atoms with Gasteiger partial charge in [-0.3, -0.25) is 4.79 Å². The van der Waals surface area contributed by atoms with Crippen LogP contribution in [0.25, 0.3) is 0 Å². The van der Waals surface area contributed by atoms with Gasteiger partial charge in [0.05, 0.1) is 25.3 Å². The summed E-state index contributed by atoms with van der Waals surface area (Å²) in [5, 5.41) is 2.53. The fraction of sp³-hybridized carbons (Fsp3) is 0.292. The lowest BCUT2D eigenvalue weighted by atomic mass is 9.93. The van der Waals surface area contributed by atoms with Crippen LogP contribution < -0.4 is 10.1 Å². The van der Waals surface area contributed by atoms with Crippen LogP contribution in [-0.2, 0) is 21.6 Å². The van der Waals surface area contributed by atoms with Gasteiger partial charge in [-0.2, -0.15) is 0 Å². The van der Waals surface area contributed by atoms with E-state index in [9.17, 15) is 22.4 Å². The number of aromatic nitrogens is 2. The Bertz CT molecular complexity index is 1220. The van der Waals surface area contributed by atoms with Crippen molar-refractivity contribution in [1.82, 2.24) is 9.97 Å². The van der Waals surface area contributed by atoms with Crippen molar-refractivity contribution < 1.29 is 31.8 Å². The van der Waals surface area contributed by atoms with Crippen molar-refractivity contribution in [2.75, 3.05) is 19.0 Å². The van der Waals surface area contributed by atoms with Gasteiger partial charge < -0.3 is 14.8 Å². The number of nitrogens with zero attached hydrogens (tertiary/aromatic N) is 2. The quantitative estimate of drug-likeness (QED) is 0.487. The molecule has 4 rings (SSSR count). The van der Waals surface area contributed by atoms with Gasteiger partial charge in [0, 0.05) is 30.3 Å². The number of ether oxygens (including phenoxy) is 2. The topological polar surface area (TPSA) is 73.3 Å². The monoisotopic (exact) mass is 475 g/mol. The smallest absolute Gasteiger partial charge is 0.228 e. The van der Waals surface area contributed by atoms with Crippen LogP contribution in [-0.4, -0.2) is 29.6 Å². The molecule has 3 aromatic rings. The fourth-order valence-electron chi connectivity index (χ4n) is 3.93. The van der Waals surface area contributed by atoms with E-state index in [-0.39, 0.29) is 30.9 Å². The Balaban J connectivity index is 1.61. The fourth-order valence-corrected chi connectivity index (χ4v) is 3.93. The number of halogens is 4. The molecule has 1 aliphatic carbocycles. The Kier molecular flexibility index (Phi) is 6.52. The first-order valence-corrected chi connectivity index (χ1v) is 10.4. The number of aryl methyl sites for hydroxylation is 1. The third kappa shape index (κ3) is 4.86. The lowest BCUT2D eigenvalue weighted by Crippen LogP contribution is -2.27. The minimum Gasteiger partial charge on any atom is -0.489 e. The molecular formula is C24H21F4N3O3. The molecule has 1 N–H and O–H groups in total. The minimum absolute atomic E-state index is 0.0605. The van der Waals surface area contributed by atoms with Crippen molar-refractivity contribution in [3.63, 3.8) is 0 Å². The highest BCUT2D eigenvalue weighted by Gasteiger charge is 2.60. The van der Waals surface area contributed by atoms with Crippen LogP contribution in [0.1, 0.15) is 23.5 Å². The first-order chi connectivity index (χ1) is 16.2. The Morgan fingerprint density at radius 1 is 1.12 bits per heavy atom.